The van der Waals surface area contributed by atoms with Crippen LogP contribution in [0, 0.1) is 11.7 Å². The molecule has 116 valence electrons. The fourth-order valence-electron chi connectivity index (χ4n) is 2.57. The van der Waals surface area contributed by atoms with Gasteiger partial charge in [-0.25, -0.2) is 4.39 Å². The summed E-state index contributed by atoms with van der Waals surface area (Å²) < 4.78 is 19.1. The van der Waals surface area contributed by atoms with Crippen LogP contribution in [0.15, 0.2) is 24.3 Å². The third-order valence-electron chi connectivity index (χ3n) is 3.80. The van der Waals surface area contributed by atoms with E-state index >= 15 is 0 Å². The second-order valence-electron chi connectivity index (χ2n) is 5.46. The van der Waals surface area contributed by atoms with E-state index in [1.807, 2.05) is 0 Å². The third kappa shape index (κ3) is 4.02. The number of hydrogen-bond acceptors (Lipinski definition) is 3. The topological polar surface area (TPSA) is 50.4 Å². The first-order valence-corrected chi connectivity index (χ1v) is 7.49. The number of ether oxygens (including phenoxy) is 1. The van der Waals surface area contributed by atoms with Gasteiger partial charge in [-0.05, 0) is 26.0 Å². The van der Waals surface area contributed by atoms with E-state index in [9.17, 15) is 9.18 Å². The largest absolute Gasteiger partial charge is 0.379 e. The number of benzene rings is 1. The van der Waals surface area contributed by atoms with E-state index in [0.717, 1.165) is 13.0 Å². The van der Waals surface area contributed by atoms with Crippen LogP contribution in [-0.2, 0) is 9.53 Å². The van der Waals surface area contributed by atoms with Crippen molar-refractivity contribution in [1.82, 2.24) is 10.6 Å². The predicted molar refractivity (Wildman–Crippen MR) is 79.3 cm³/mol. The maximum absolute atomic E-state index is 13.7. The summed E-state index contributed by atoms with van der Waals surface area (Å²) in [6.45, 7) is 5.70. The molecule has 1 aromatic rings. The fourth-order valence-corrected chi connectivity index (χ4v) is 2.57. The maximum atomic E-state index is 13.7. The van der Waals surface area contributed by atoms with Crippen molar-refractivity contribution in [2.45, 2.75) is 32.4 Å². The van der Waals surface area contributed by atoms with Gasteiger partial charge in [0.2, 0.25) is 5.91 Å². The van der Waals surface area contributed by atoms with E-state index in [1.54, 1.807) is 25.1 Å². The molecule has 5 heteroatoms. The lowest BCUT2D eigenvalue weighted by Gasteiger charge is -2.21. The van der Waals surface area contributed by atoms with Crippen molar-refractivity contribution in [2.24, 2.45) is 5.92 Å². The first-order valence-electron chi connectivity index (χ1n) is 7.49. The van der Waals surface area contributed by atoms with Crippen molar-refractivity contribution in [3.63, 3.8) is 0 Å². The SMILES string of the molecule is CCCNC1COCC1C(=O)NC(C)c1ccccc1F. The molecule has 1 fully saturated rings. The summed E-state index contributed by atoms with van der Waals surface area (Å²) >= 11 is 0. The van der Waals surface area contributed by atoms with Crippen molar-refractivity contribution < 1.29 is 13.9 Å². The van der Waals surface area contributed by atoms with Crippen molar-refractivity contribution >= 4 is 5.91 Å². The molecule has 1 aromatic carbocycles. The Morgan fingerprint density at radius 2 is 2.19 bits per heavy atom. The molecule has 0 saturated carbocycles. The summed E-state index contributed by atoms with van der Waals surface area (Å²) in [7, 11) is 0. The van der Waals surface area contributed by atoms with Crippen LogP contribution in [-0.4, -0.2) is 31.7 Å². The molecule has 0 aliphatic carbocycles. The minimum Gasteiger partial charge on any atom is -0.379 e. The lowest BCUT2D eigenvalue weighted by molar-refractivity contribution is -0.126. The highest BCUT2D eigenvalue weighted by Gasteiger charge is 2.34. The number of amides is 1. The number of hydrogen-bond donors (Lipinski definition) is 2. The highest BCUT2D eigenvalue weighted by atomic mass is 19.1. The van der Waals surface area contributed by atoms with Gasteiger partial charge in [0.15, 0.2) is 0 Å². The number of carbonyl (C=O) groups excluding carboxylic acids is 1. The van der Waals surface area contributed by atoms with Gasteiger partial charge in [-0.3, -0.25) is 4.79 Å². The van der Waals surface area contributed by atoms with Gasteiger partial charge in [-0.15, -0.1) is 0 Å². The van der Waals surface area contributed by atoms with Crippen molar-refractivity contribution in [2.75, 3.05) is 19.8 Å². The molecule has 4 nitrogen and oxygen atoms in total. The van der Waals surface area contributed by atoms with Crippen LogP contribution in [0.5, 0.6) is 0 Å². The van der Waals surface area contributed by atoms with Gasteiger partial charge < -0.3 is 15.4 Å². The van der Waals surface area contributed by atoms with Gasteiger partial charge in [-0.2, -0.15) is 0 Å². The van der Waals surface area contributed by atoms with Crippen LogP contribution in [0.1, 0.15) is 31.9 Å². The first kappa shape index (κ1) is 15.9. The minimum absolute atomic E-state index is 0.0396. The normalized spacial score (nSPS) is 23.0. The molecule has 0 spiro atoms. The molecular formula is C16H23FN2O2. The Kier molecular flexibility index (Phi) is 5.70. The molecule has 1 heterocycles. The Hall–Kier alpha value is -1.46. The van der Waals surface area contributed by atoms with Crippen LogP contribution in [0.2, 0.25) is 0 Å². The van der Waals surface area contributed by atoms with Gasteiger partial charge in [0.05, 0.1) is 25.2 Å². The summed E-state index contributed by atoms with van der Waals surface area (Å²) in [5.41, 5.74) is 0.503. The average molecular weight is 294 g/mol. The first-order chi connectivity index (χ1) is 10.1. The van der Waals surface area contributed by atoms with Crippen LogP contribution in [0.3, 0.4) is 0 Å². The molecule has 3 unspecified atom stereocenters. The monoisotopic (exact) mass is 294 g/mol. The van der Waals surface area contributed by atoms with E-state index in [0.29, 0.717) is 18.8 Å². The molecule has 1 amide bonds. The molecule has 2 N–H and O–H groups in total. The van der Waals surface area contributed by atoms with Crippen molar-refractivity contribution in [3.05, 3.63) is 35.6 Å². The Bertz CT molecular complexity index is 481. The fraction of sp³-hybridized carbons (Fsp3) is 0.562. The summed E-state index contributed by atoms with van der Waals surface area (Å²) in [4.78, 5) is 12.4. The van der Waals surface area contributed by atoms with E-state index in [-0.39, 0.29) is 29.7 Å². The highest BCUT2D eigenvalue weighted by molar-refractivity contribution is 5.80. The molecule has 1 aliphatic rings. The number of carbonyl (C=O) groups is 1. The molecule has 1 saturated heterocycles. The zero-order valence-corrected chi connectivity index (χ0v) is 12.6. The van der Waals surface area contributed by atoms with Crippen LogP contribution >= 0.6 is 0 Å². The van der Waals surface area contributed by atoms with Crippen LogP contribution in [0.4, 0.5) is 4.39 Å². The molecule has 1 aliphatic heterocycles. The van der Waals surface area contributed by atoms with Gasteiger partial charge >= 0.3 is 0 Å². The standard InChI is InChI=1S/C16H23FN2O2/c1-3-8-18-15-10-21-9-13(15)16(20)19-11(2)12-6-4-5-7-14(12)17/h4-7,11,13,15,18H,3,8-10H2,1-2H3,(H,19,20). The summed E-state index contributed by atoms with van der Waals surface area (Å²) in [6, 6.07) is 6.19. The quantitative estimate of drug-likeness (QED) is 0.844. The zero-order chi connectivity index (χ0) is 15.2. The summed E-state index contributed by atoms with van der Waals surface area (Å²) in [6.07, 6.45) is 1.01. The zero-order valence-electron chi connectivity index (χ0n) is 12.6. The number of nitrogens with one attached hydrogen (secondary N) is 2. The molecule has 0 bridgehead atoms. The Labute approximate surface area is 125 Å². The summed E-state index contributed by atoms with van der Waals surface area (Å²) in [5, 5.41) is 6.21. The molecule has 0 radical (unpaired) electrons. The van der Waals surface area contributed by atoms with Crippen molar-refractivity contribution in [1.29, 1.82) is 0 Å². The van der Waals surface area contributed by atoms with Gasteiger partial charge in [0.1, 0.15) is 5.82 Å². The Morgan fingerprint density at radius 1 is 1.43 bits per heavy atom. The number of rotatable bonds is 6. The highest BCUT2D eigenvalue weighted by Crippen LogP contribution is 2.19. The van der Waals surface area contributed by atoms with Gasteiger partial charge in [0.25, 0.3) is 0 Å². The second kappa shape index (κ2) is 7.52. The smallest absolute Gasteiger partial charge is 0.227 e. The van der Waals surface area contributed by atoms with Crippen LogP contribution in [0.25, 0.3) is 0 Å². The predicted octanol–water partition coefficient (Wildman–Crippen LogP) is 2.02. The third-order valence-corrected chi connectivity index (χ3v) is 3.80. The van der Waals surface area contributed by atoms with Crippen molar-refractivity contribution in [3.8, 4) is 0 Å². The molecular weight excluding hydrogens is 271 g/mol. The lowest BCUT2D eigenvalue weighted by atomic mass is 10.0. The minimum atomic E-state index is -0.355. The van der Waals surface area contributed by atoms with E-state index in [1.165, 1.54) is 6.07 Å². The second-order valence-corrected chi connectivity index (χ2v) is 5.46. The van der Waals surface area contributed by atoms with Crippen LogP contribution < -0.4 is 10.6 Å². The molecule has 3 atom stereocenters. The van der Waals surface area contributed by atoms with E-state index in [4.69, 9.17) is 4.74 Å². The molecule has 21 heavy (non-hydrogen) atoms. The average Bonchev–Trinajstić information content (AvgIpc) is 2.93. The maximum Gasteiger partial charge on any atom is 0.227 e. The van der Waals surface area contributed by atoms with Gasteiger partial charge in [0, 0.05) is 11.6 Å². The van der Waals surface area contributed by atoms with E-state index < -0.39 is 0 Å². The molecule has 2 rings (SSSR count). The number of halogens is 1. The Morgan fingerprint density at radius 3 is 2.90 bits per heavy atom. The Balaban J connectivity index is 1.96. The van der Waals surface area contributed by atoms with E-state index in [2.05, 4.69) is 17.6 Å². The lowest BCUT2D eigenvalue weighted by Crippen LogP contribution is -2.44. The molecule has 0 aromatic heterocycles. The summed E-state index contributed by atoms with van der Waals surface area (Å²) in [5.74, 6) is -0.601. The van der Waals surface area contributed by atoms with Gasteiger partial charge in [-0.1, -0.05) is 25.1 Å².